The molecule has 0 aliphatic carbocycles. The van der Waals surface area contributed by atoms with E-state index in [2.05, 4.69) is 35.1 Å². The summed E-state index contributed by atoms with van der Waals surface area (Å²) >= 11 is 0. The maximum absolute atomic E-state index is 4.21. The van der Waals surface area contributed by atoms with E-state index in [-0.39, 0.29) is 0 Å². The molecule has 1 aromatic heterocycles. The number of hydrogen-bond donors (Lipinski definition) is 1. The Labute approximate surface area is 97.9 Å². The van der Waals surface area contributed by atoms with Gasteiger partial charge >= 0.3 is 0 Å². The average Bonchev–Trinajstić information content (AvgIpc) is 2.60. The van der Waals surface area contributed by atoms with Gasteiger partial charge in [0.2, 0.25) is 0 Å². The normalized spacial score (nSPS) is 25.1. The highest BCUT2D eigenvalue weighted by molar-refractivity contribution is 5.53. The van der Waals surface area contributed by atoms with E-state index in [1.165, 1.54) is 24.3 Å². The topological polar surface area (TPSA) is 28.2 Å². The molecule has 2 atom stereocenters. The van der Waals surface area contributed by atoms with Crippen LogP contribution in [-0.4, -0.2) is 25.1 Å². The Morgan fingerprint density at radius 1 is 1.38 bits per heavy atom. The molecule has 0 aromatic carbocycles. The summed E-state index contributed by atoms with van der Waals surface area (Å²) in [5, 5.41) is 3.20. The lowest BCUT2D eigenvalue weighted by Crippen LogP contribution is -2.22. The Bertz CT molecular complexity index is 341. The molecule has 0 radical (unpaired) electrons. The van der Waals surface area contributed by atoms with Crippen LogP contribution in [0.25, 0.3) is 0 Å². The molecule has 88 valence electrons. The third-order valence-corrected chi connectivity index (χ3v) is 3.57. The third kappa shape index (κ3) is 2.19. The molecular formula is C13H21N3. The van der Waals surface area contributed by atoms with Gasteiger partial charge in [0.1, 0.15) is 0 Å². The molecule has 1 N–H and O–H groups in total. The second kappa shape index (κ2) is 4.83. The molecule has 0 saturated carbocycles. The van der Waals surface area contributed by atoms with E-state index in [9.17, 15) is 0 Å². The molecule has 1 fully saturated rings. The molecule has 3 heteroatoms. The Balaban J connectivity index is 2.20. The third-order valence-electron chi connectivity index (χ3n) is 3.57. The maximum Gasteiger partial charge on any atom is 0.0443 e. The van der Waals surface area contributed by atoms with Crippen molar-refractivity contribution in [2.45, 2.75) is 20.4 Å². The van der Waals surface area contributed by atoms with Gasteiger partial charge in [-0.3, -0.25) is 4.98 Å². The number of aromatic nitrogens is 1. The maximum atomic E-state index is 4.21. The summed E-state index contributed by atoms with van der Waals surface area (Å²) in [7, 11) is 1.98. The molecule has 0 amide bonds. The minimum absolute atomic E-state index is 0.788. The van der Waals surface area contributed by atoms with Gasteiger partial charge in [-0.2, -0.15) is 0 Å². The van der Waals surface area contributed by atoms with Crippen molar-refractivity contribution in [3.8, 4) is 0 Å². The molecule has 3 nitrogen and oxygen atoms in total. The average molecular weight is 219 g/mol. The van der Waals surface area contributed by atoms with Gasteiger partial charge < -0.3 is 10.2 Å². The van der Waals surface area contributed by atoms with Crippen LogP contribution in [0.3, 0.4) is 0 Å². The van der Waals surface area contributed by atoms with Crippen molar-refractivity contribution in [3.63, 3.8) is 0 Å². The first-order valence-electron chi connectivity index (χ1n) is 6.04. The van der Waals surface area contributed by atoms with E-state index in [4.69, 9.17) is 0 Å². The quantitative estimate of drug-likeness (QED) is 0.841. The Morgan fingerprint density at radius 2 is 2.06 bits per heavy atom. The predicted octanol–water partition coefficient (Wildman–Crippen LogP) is 1.89. The SMILES string of the molecule is CNCc1cnccc1N1CC(C)C(C)C1. The summed E-state index contributed by atoms with van der Waals surface area (Å²) in [5.74, 6) is 1.58. The van der Waals surface area contributed by atoms with Gasteiger partial charge in [0, 0.05) is 43.3 Å². The fraction of sp³-hybridized carbons (Fsp3) is 0.615. The molecule has 1 aliphatic heterocycles. The molecule has 2 heterocycles. The van der Waals surface area contributed by atoms with Crippen molar-refractivity contribution in [2.75, 3.05) is 25.0 Å². The zero-order valence-corrected chi connectivity index (χ0v) is 10.4. The standard InChI is InChI=1S/C13H21N3/c1-10-8-16(9-11(10)2)13-4-5-15-7-12(13)6-14-3/h4-5,7,10-11,14H,6,8-9H2,1-3H3. The number of nitrogens with one attached hydrogen (secondary N) is 1. The zero-order valence-electron chi connectivity index (χ0n) is 10.4. The van der Waals surface area contributed by atoms with Crippen LogP contribution < -0.4 is 10.2 Å². The molecule has 0 spiro atoms. The van der Waals surface area contributed by atoms with Crippen LogP contribution in [0.15, 0.2) is 18.5 Å². The summed E-state index contributed by atoms with van der Waals surface area (Å²) in [4.78, 5) is 6.70. The fourth-order valence-corrected chi connectivity index (χ4v) is 2.38. The van der Waals surface area contributed by atoms with E-state index in [1.807, 2.05) is 19.4 Å². The van der Waals surface area contributed by atoms with Crippen LogP contribution in [0.4, 0.5) is 5.69 Å². The molecule has 1 aliphatic rings. The van der Waals surface area contributed by atoms with Crippen LogP contribution >= 0.6 is 0 Å². The highest BCUT2D eigenvalue weighted by Crippen LogP contribution is 2.29. The van der Waals surface area contributed by atoms with Crippen LogP contribution in [0.2, 0.25) is 0 Å². The van der Waals surface area contributed by atoms with Gasteiger partial charge in [0.15, 0.2) is 0 Å². The summed E-state index contributed by atoms with van der Waals surface area (Å²) < 4.78 is 0. The van der Waals surface area contributed by atoms with Crippen LogP contribution in [0.5, 0.6) is 0 Å². The summed E-state index contributed by atoms with van der Waals surface area (Å²) in [6.45, 7) is 7.90. The minimum Gasteiger partial charge on any atom is -0.371 e. The number of rotatable bonds is 3. The summed E-state index contributed by atoms with van der Waals surface area (Å²) in [6, 6.07) is 2.14. The zero-order chi connectivity index (χ0) is 11.5. The van der Waals surface area contributed by atoms with Crippen molar-refractivity contribution in [1.82, 2.24) is 10.3 Å². The molecular weight excluding hydrogens is 198 g/mol. The van der Waals surface area contributed by atoms with Crippen molar-refractivity contribution < 1.29 is 0 Å². The lowest BCUT2D eigenvalue weighted by Gasteiger charge is -2.21. The molecule has 2 unspecified atom stereocenters. The molecule has 2 rings (SSSR count). The Morgan fingerprint density at radius 3 is 2.69 bits per heavy atom. The number of pyridine rings is 1. The van der Waals surface area contributed by atoms with E-state index >= 15 is 0 Å². The lowest BCUT2D eigenvalue weighted by atomic mass is 10.0. The van der Waals surface area contributed by atoms with Crippen molar-refractivity contribution in [3.05, 3.63) is 24.0 Å². The van der Waals surface area contributed by atoms with Gasteiger partial charge in [-0.1, -0.05) is 13.8 Å². The monoisotopic (exact) mass is 219 g/mol. The second-order valence-electron chi connectivity index (χ2n) is 4.89. The van der Waals surface area contributed by atoms with E-state index < -0.39 is 0 Å². The van der Waals surface area contributed by atoms with Crippen molar-refractivity contribution in [2.24, 2.45) is 11.8 Å². The van der Waals surface area contributed by atoms with E-state index in [0.717, 1.165) is 18.4 Å². The second-order valence-corrected chi connectivity index (χ2v) is 4.89. The van der Waals surface area contributed by atoms with Gasteiger partial charge in [-0.15, -0.1) is 0 Å². The van der Waals surface area contributed by atoms with Gasteiger partial charge in [0.25, 0.3) is 0 Å². The van der Waals surface area contributed by atoms with E-state index in [0.29, 0.717) is 0 Å². The summed E-state index contributed by atoms with van der Waals surface area (Å²) in [6.07, 6.45) is 3.86. The van der Waals surface area contributed by atoms with Crippen molar-refractivity contribution in [1.29, 1.82) is 0 Å². The van der Waals surface area contributed by atoms with E-state index in [1.54, 1.807) is 0 Å². The first-order chi connectivity index (χ1) is 7.72. The number of nitrogens with zero attached hydrogens (tertiary/aromatic N) is 2. The number of anilines is 1. The smallest absolute Gasteiger partial charge is 0.0443 e. The Hall–Kier alpha value is -1.09. The largest absolute Gasteiger partial charge is 0.371 e. The summed E-state index contributed by atoms with van der Waals surface area (Å²) in [5.41, 5.74) is 2.65. The highest BCUT2D eigenvalue weighted by Gasteiger charge is 2.27. The van der Waals surface area contributed by atoms with Crippen molar-refractivity contribution >= 4 is 5.69 Å². The Kier molecular flexibility index (Phi) is 3.44. The first kappa shape index (κ1) is 11.4. The first-order valence-corrected chi connectivity index (χ1v) is 6.04. The van der Waals surface area contributed by atoms with Gasteiger partial charge in [-0.05, 0) is 24.9 Å². The van der Waals surface area contributed by atoms with Gasteiger partial charge in [-0.25, -0.2) is 0 Å². The molecule has 16 heavy (non-hydrogen) atoms. The van der Waals surface area contributed by atoms with Gasteiger partial charge in [0.05, 0.1) is 0 Å². The lowest BCUT2D eigenvalue weighted by molar-refractivity contribution is 0.494. The van der Waals surface area contributed by atoms with Crippen LogP contribution in [0, 0.1) is 11.8 Å². The molecule has 1 aromatic rings. The molecule has 0 bridgehead atoms. The fourth-order valence-electron chi connectivity index (χ4n) is 2.38. The van der Waals surface area contributed by atoms with Crippen LogP contribution in [0.1, 0.15) is 19.4 Å². The highest BCUT2D eigenvalue weighted by atomic mass is 15.2. The van der Waals surface area contributed by atoms with Crippen LogP contribution in [-0.2, 0) is 6.54 Å². The predicted molar refractivity (Wildman–Crippen MR) is 67.5 cm³/mol. The molecule has 1 saturated heterocycles. The minimum atomic E-state index is 0.788. The number of hydrogen-bond acceptors (Lipinski definition) is 3.